The summed E-state index contributed by atoms with van der Waals surface area (Å²) in [5.41, 5.74) is -0.667. The maximum atomic E-state index is 12.2. The van der Waals surface area contributed by atoms with Gasteiger partial charge in [-0.3, -0.25) is 4.79 Å². The summed E-state index contributed by atoms with van der Waals surface area (Å²) in [6.45, 7) is 10.9. The Kier molecular flexibility index (Phi) is 4.15. The monoisotopic (exact) mass is 246 g/mol. The van der Waals surface area contributed by atoms with Crippen LogP contribution in [0, 0.1) is 10.8 Å². The Balaban J connectivity index is 5.67. The van der Waals surface area contributed by atoms with Crippen LogP contribution in [0.5, 0.6) is 0 Å². The minimum Gasteiger partial charge on any atom is -0.294 e. The van der Waals surface area contributed by atoms with Crippen LogP contribution in [0.2, 0.25) is 0 Å². The number of sulfone groups is 1. The Hall–Kier alpha value is -0.640. The third-order valence-corrected chi connectivity index (χ3v) is 2.73. The van der Waals surface area contributed by atoms with E-state index in [-0.39, 0.29) is 5.78 Å². The minimum absolute atomic E-state index is 0.120. The van der Waals surface area contributed by atoms with Crippen LogP contribution in [-0.2, 0) is 14.6 Å². The quantitative estimate of drug-likeness (QED) is 0.704. The Labute approximate surface area is 98.9 Å². The molecular weight excluding hydrogens is 224 g/mol. The number of rotatable bonds is 2. The lowest BCUT2D eigenvalue weighted by molar-refractivity contribution is -0.123. The van der Waals surface area contributed by atoms with Crippen LogP contribution in [0.3, 0.4) is 0 Å². The molecule has 0 atom stereocenters. The maximum absolute atomic E-state index is 12.2. The third kappa shape index (κ3) is 4.92. The first kappa shape index (κ1) is 15.4. The van der Waals surface area contributed by atoms with Gasteiger partial charge >= 0.3 is 0 Å². The van der Waals surface area contributed by atoms with Gasteiger partial charge in [0, 0.05) is 22.7 Å². The predicted octanol–water partition coefficient (Wildman–Crippen LogP) is 2.58. The summed E-state index contributed by atoms with van der Waals surface area (Å²) >= 11 is 0. The molecule has 0 fully saturated rings. The number of hydrogen-bond donors (Lipinski definition) is 0. The molecule has 0 heterocycles. The Bertz CT molecular complexity index is 401. The molecule has 0 bridgehead atoms. The molecule has 0 aliphatic carbocycles. The normalized spacial score (nSPS) is 15.1. The Morgan fingerprint density at radius 1 is 0.938 bits per heavy atom. The molecular formula is C12H22O3S. The zero-order chi connectivity index (χ0) is 13.4. The van der Waals surface area contributed by atoms with Crippen molar-refractivity contribution in [2.75, 3.05) is 6.26 Å². The summed E-state index contributed by atoms with van der Waals surface area (Å²) in [5, 5.41) is 1.10. The average Bonchev–Trinajstić information content (AvgIpc) is 1.93. The van der Waals surface area contributed by atoms with Crippen LogP contribution in [0.4, 0.5) is 0 Å². The molecule has 0 aromatic carbocycles. The van der Waals surface area contributed by atoms with E-state index in [0.29, 0.717) is 5.57 Å². The molecule has 0 radical (unpaired) electrons. The molecule has 0 aromatic heterocycles. The second-order valence-electron chi connectivity index (χ2n) is 6.19. The molecule has 0 saturated heterocycles. The van der Waals surface area contributed by atoms with Gasteiger partial charge in [0.05, 0.1) is 0 Å². The van der Waals surface area contributed by atoms with Crippen LogP contribution in [-0.4, -0.2) is 20.5 Å². The van der Waals surface area contributed by atoms with Crippen molar-refractivity contribution in [1.29, 1.82) is 0 Å². The molecule has 94 valence electrons. The summed E-state index contributed by atoms with van der Waals surface area (Å²) in [6, 6.07) is 0. The van der Waals surface area contributed by atoms with Gasteiger partial charge in [-0.25, -0.2) is 8.42 Å². The number of carbonyl (C=O) groups excluding carboxylic acids is 1. The van der Waals surface area contributed by atoms with Crippen LogP contribution in [0.15, 0.2) is 11.0 Å². The number of Topliss-reactive ketones (excluding diaryl/α,β-unsaturated/α-hetero) is 1. The molecule has 0 saturated carbocycles. The Morgan fingerprint density at radius 3 is 1.50 bits per heavy atom. The molecule has 0 aromatic rings. The zero-order valence-electron chi connectivity index (χ0n) is 11.2. The minimum atomic E-state index is -3.29. The largest absolute Gasteiger partial charge is 0.294 e. The summed E-state index contributed by atoms with van der Waals surface area (Å²) in [6.07, 6.45) is 1.11. The van der Waals surface area contributed by atoms with Crippen molar-refractivity contribution in [3.05, 3.63) is 11.0 Å². The fraction of sp³-hybridized carbons (Fsp3) is 0.750. The van der Waals surface area contributed by atoms with E-state index < -0.39 is 20.7 Å². The van der Waals surface area contributed by atoms with Gasteiger partial charge in [-0.15, -0.1) is 0 Å². The number of carbonyl (C=O) groups is 1. The lowest BCUT2D eigenvalue weighted by atomic mass is 9.76. The average molecular weight is 246 g/mol. The predicted molar refractivity (Wildman–Crippen MR) is 66.8 cm³/mol. The molecule has 0 spiro atoms. The van der Waals surface area contributed by atoms with E-state index in [0.717, 1.165) is 11.7 Å². The fourth-order valence-corrected chi connectivity index (χ4v) is 2.08. The van der Waals surface area contributed by atoms with E-state index in [1.54, 1.807) is 20.8 Å². The highest BCUT2D eigenvalue weighted by Crippen LogP contribution is 2.32. The first-order chi connectivity index (χ1) is 6.75. The van der Waals surface area contributed by atoms with E-state index >= 15 is 0 Å². The maximum Gasteiger partial charge on any atom is 0.169 e. The molecule has 3 nitrogen and oxygen atoms in total. The van der Waals surface area contributed by atoms with Gasteiger partial charge in [0.15, 0.2) is 15.6 Å². The van der Waals surface area contributed by atoms with Gasteiger partial charge in [-0.05, 0) is 5.41 Å². The van der Waals surface area contributed by atoms with Gasteiger partial charge in [0.1, 0.15) is 0 Å². The Morgan fingerprint density at radius 2 is 1.31 bits per heavy atom. The molecule has 4 heteroatoms. The van der Waals surface area contributed by atoms with E-state index in [1.807, 2.05) is 20.8 Å². The topological polar surface area (TPSA) is 51.2 Å². The van der Waals surface area contributed by atoms with Crippen molar-refractivity contribution < 1.29 is 13.2 Å². The highest BCUT2D eigenvalue weighted by Gasteiger charge is 2.32. The third-order valence-electron chi connectivity index (χ3n) is 2.07. The summed E-state index contributed by atoms with van der Waals surface area (Å²) in [7, 11) is -3.29. The molecule has 0 aliphatic heterocycles. The van der Waals surface area contributed by atoms with Crippen LogP contribution in [0.1, 0.15) is 41.5 Å². The van der Waals surface area contributed by atoms with Crippen LogP contribution in [0.25, 0.3) is 0 Å². The van der Waals surface area contributed by atoms with Crippen LogP contribution < -0.4 is 0 Å². The van der Waals surface area contributed by atoms with Crippen molar-refractivity contribution in [2.45, 2.75) is 41.5 Å². The van der Waals surface area contributed by atoms with Crippen molar-refractivity contribution in [2.24, 2.45) is 10.8 Å². The molecule has 0 unspecified atom stereocenters. The second kappa shape index (κ2) is 4.32. The first-order valence-corrected chi connectivity index (χ1v) is 7.17. The number of hydrogen-bond acceptors (Lipinski definition) is 3. The van der Waals surface area contributed by atoms with Gasteiger partial charge < -0.3 is 0 Å². The first-order valence-electron chi connectivity index (χ1n) is 5.22. The van der Waals surface area contributed by atoms with Crippen molar-refractivity contribution in [1.82, 2.24) is 0 Å². The van der Waals surface area contributed by atoms with E-state index in [2.05, 4.69) is 0 Å². The standard InChI is InChI=1S/C12H22O3S/c1-11(2,3)9(8-16(7,14)15)10(13)12(4,5)6/h8H,1-7H3/b9-8+. The molecule has 16 heavy (non-hydrogen) atoms. The van der Waals surface area contributed by atoms with E-state index in [9.17, 15) is 13.2 Å². The van der Waals surface area contributed by atoms with Crippen molar-refractivity contribution >= 4 is 15.6 Å². The molecule has 0 rings (SSSR count). The highest BCUT2D eigenvalue weighted by molar-refractivity contribution is 7.93. The molecule has 0 amide bonds. The highest BCUT2D eigenvalue weighted by atomic mass is 32.2. The van der Waals surface area contributed by atoms with Crippen LogP contribution >= 0.6 is 0 Å². The fourth-order valence-electron chi connectivity index (χ4n) is 1.19. The summed E-state index contributed by atoms with van der Waals surface area (Å²) in [4.78, 5) is 12.2. The summed E-state index contributed by atoms with van der Waals surface area (Å²) < 4.78 is 22.6. The second-order valence-corrected chi connectivity index (χ2v) is 8.08. The van der Waals surface area contributed by atoms with Gasteiger partial charge in [-0.1, -0.05) is 41.5 Å². The van der Waals surface area contributed by atoms with Crippen molar-refractivity contribution in [3.8, 4) is 0 Å². The molecule has 0 N–H and O–H groups in total. The van der Waals surface area contributed by atoms with E-state index in [1.165, 1.54) is 0 Å². The lowest BCUT2D eigenvalue weighted by Crippen LogP contribution is -2.29. The number of allylic oxidation sites excluding steroid dienone is 1. The zero-order valence-corrected chi connectivity index (χ0v) is 12.0. The smallest absolute Gasteiger partial charge is 0.169 e. The SMILES string of the molecule is CC(C)(C)C(=O)/C(=C\S(C)(=O)=O)C(C)(C)C. The van der Waals surface area contributed by atoms with Gasteiger partial charge in [0.2, 0.25) is 0 Å². The van der Waals surface area contributed by atoms with Gasteiger partial charge in [-0.2, -0.15) is 0 Å². The molecule has 0 aliphatic rings. The van der Waals surface area contributed by atoms with Gasteiger partial charge in [0.25, 0.3) is 0 Å². The summed E-state index contributed by atoms with van der Waals surface area (Å²) in [5.74, 6) is -0.120. The van der Waals surface area contributed by atoms with Crippen molar-refractivity contribution in [3.63, 3.8) is 0 Å². The van der Waals surface area contributed by atoms with E-state index in [4.69, 9.17) is 0 Å². The number of ketones is 1. The lowest BCUT2D eigenvalue weighted by Gasteiger charge is -2.27.